The third-order valence-electron chi connectivity index (χ3n) is 4.07. The highest BCUT2D eigenvalue weighted by atomic mass is 16.4. The Bertz CT molecular complexity index is 706. The molecule has 0 aromatic heterocycles. The molecule has 8 heteroatoms. The molecule has 2 rings (SSSR count). The van der Waals surface area contributed by atoms with E-state index in [1.165, 1.54) is 18.6 Å². The van der Waals surface area contributed by atoms with Crippen LogP contribution in [-0.4, -0.2) is 28.8 Å². The lowest BCUT2D eigenvalue weighted by Crippen LogP contribution is -2.40. The van der Waals surface area contributed by atoms with E-state index in [-0.39, 0.29) is 17.4 Å². The molecule has 26 heavy (non-hydrogen) atoms. The van der Waals surface area contributed by atoms with Gasteiger partial charge >= 0.3 is 5.97 Å². The van der Waals surface area contributed by atoms with E-state index in [9.17, 15) is 19.2 Å². The minimum atomic E-state index is -1.27. The standard InChI is InChI=1S/C18H21N3O5/c22-15(10-11-16(23)24)20-21-18(26)13-6-8-14(9-7-13)19-17(25)12-4-2-1-3-5-12/h6-12H,1-5H2,(H,19,25)(H,20,22)(H,21,26)(H,23,24)/b11-10-. The van der Waals surface area contributed by atoms with Crippen LogP contribution in [0.25, 0.3) is 0 Å². The lowest BCUT2D eigenvalue weighted by atomic mass is 9.88. The average molecular weight is 359 g/mol. The lowest BCUT2D eigenvalue weighted by Gasteiger charge is -2.20. The topological polar surface area (TPSA) is 125 Å². The van der Waals surface area contributed by atoms with Crippen molar-refractivity contribution < 1.29 is 24.3 Å². The number of hydrazine groups is 1. The van der Waals surface area contributed by atoms with Crippen molar-refractivity contribution in [1.29, 1.82) is 0 Å². The Labute approximate surface area is 150 Å². The zero-order valence-corrected chi connectivity index (χ0v) is 14.2. The van der Waals surface area contributed by atoms with Crippen molar-refractivity contribution in [3.8, 4) is 0 Å². The number of carbonyl (C=O) groups is 4. The number of carboxylic acid groups (broad SMARTS) is 1. The van der Waals surface area contributed by atoms with Crippen LogP contribution in [0.4, 0.5) is 5.69 Å². The van der Waals surface area contributed by atoms with Gasteiger partial charge in [0, 0.05) is 29.3 Å². The minimum absolute atomic E-state index is 0.000572. The van der Waals surface area contributed by atoms with Crippen LogP contribution in [0.1, 0.15) is 42.5 Å². The van der Waals surface area contributed by atoms with E-state index in [4.69, 9.17) is 5.11 Å². The zero-order chi connectivity index (χ0) is 18.9. The van der Waals surface area contributed by atoms with Gasteiger partial charge < -0.3 is 10.4 Å². The van der Waals surface area contributed by atoms with Crippen molar-refractivity contribution in [3.63, 3.8) is 0 Å². The first-order chi connectivity index (χ1) is 12.5. The van der Waals surface area contributed by atoms with Crippen LogP contribution >= 0.6 is 0 Å². The molecule has 0 aliphatic heterocycles. The summed E-state index contributed by atoms with van der Waals surface area (Å²) in [6, 6.07) is 6.26. The third-order valence-corrected chi connectivity index (χ3v) is 4.07. The number of anilines is 1. The molecule has 8 nitrogen and oxygen atoms in total. The summed E-state index contributed by atoms with van der Waals surface area (Å²) in [6.07, 6.45) is 6.58. The predicted octanol–water partition coefficient (Wildman–Crippen LogP) is 1.61. The monoisotopic (exact) mass is 359 g/mol. The van der Waals surface area contributed by atoms with Crippen LogP contribution in [0, 0.1) is 5.92 Å². The molecule has 0 spiro atoms. The maximum absolute atomic E-state index is 12.2. The van der Waals surface area contributed by atoms with E-state index in [0.29, 0.717) is 11.8 Å². The van der Waals surface area contributed by atoms with Gasteiger partial charge in [0.1, 0.15) is 0 Å². The number of nitrogens with one attached hydrogen (secondary N) is 3. The van der Waals surface area contributed by atoms with Crippen LogP contribution in [0.15, 0.2) is 36.4 Å². The maximum Gasteiger partial charge on any atom is 0.328 e. The van der Waals surface area contributed by atoms with E-state index in [1.54, 1.807) is 12.1 Å². The fourth-order valence-corrected chi connectivity index (χ4v) is 2.69. The summed E-state index contributed by atoms with van der Waals surface area (Å²) in [7, 11) is 0. The third kappa shape index (κ3) is 6.04. The molecule has 1 aliphatic rings. The van der Waals surface area contributed by atoms with Gasteiger partial charge in [-0.3, -0.25) is 25.2 Å². The number of amides is 3. The summed E-state index contributed by atoms with van der Waals surface area (Å²) in [6.45, 7) is 0. The van der Waals surface area contributed by atoms with Crippen LogP contribution in [0.3, 0.4) is 0 Å². The van der Waals surface area contributed by atoms with Gasteiger partial charge in [-0.1, -0.05) is 19.3 Å². The van der Waals surface area contributed by atoms with Gasteiger partial charge in [-0.25, -0.2) is 4.79 Å². The first kappa shape index (κ1) is 19.2. The van der Waals surface area contributed by atoms with Gasteiger partial charge in [0.05, 0.1) is 0 Å². The minimum Gasteiger partial charge on any atom is -0.478 e. The molecule has 0 bridgehead atoms. The zero-order valence-electron chi connectivity index (χ0n) is 14.2. The second-order valence-corrected chi connectivity index (χ2v) is 6.02. The molecular weight excluding hydrogens is 338 g/mol. The Kier molecular flexibility index (Phi) is 6.90. The highest BCUT2D eigenvalue weighted by molar-refractivity contribution is 5.99. The molecule has 0 saturated heterocycles. The number of hydrogen-bond acceptors (Lipinski definition) is 4. The Balaban J connectivity index is 1.84. The molecular formula is C18H21N3O5. The Morgan fingerprint density at radius 3 is 2.19 bits per heavy atom. The van der Waals surface area contributed by atoms with Crippen LogP contribution in [-0.2, 0) is 14.4 Å². The molecule has 0 heterocycles. The van der Waals surface area contributed by atoms with E-state index < -0.39 is 17.8 Å². The molecule has 0 unspecified atom stereocenters. The normalized spacial score (nSPS) is 14.6. The molecule has 3 amide bonds. The Morgan fingerprint density at radius 2 is 1.58 bits per heavy atom. The Hall–Kier alpha value is -3.16. The molecule has 138 valence electrons. The van der Waals surface area contributed by atoms with Crippen molar-refractivity contribution in [1.82, 2.24) is 10.9 Å². The molecule has 1 aromatic rings. The van der Waals surface area contributed by atoms with Crippen LogP contribution < -0.4 is 16.2 Å². The first-order valence-corrected chi connectivity index (χ1v) is 8.38. The summed E-state index contributed by atoms with van der Waals surface area (Å²) in [5.41, 5.74) is 5.12. The van der Waals surface area contributed by atoms with E-state index >= 15 is 0 Å². The number of benzene rings is 1. The number of aliphatic carboxylic acids is 1. The molecule has 1 aliphatic carbocycles. The molecule has 1 fully saturated rings. The van der Waals surface area contributed by atoms with Crippen molar-refractivity contribution in [2.24, 2.45) is 5.92 Å². The number of carboxylic acids is 1. The maximum atomic E-state index is 12.2. The second-order valence-electron chi connectivity index (χ2n) is 6.02. The summed E-state index contributed by atoms with van der Waals surface area (Å²) in [4.78, 5) is 45.7. The Morgan fingerprint density at radius 1 is 0.923 bits per heavy atom. The molecule has 0 atom stereocenters. The molecule has 1 saturated carbocycles. The summed E-state index contributed by atoms with van der Waals surface area (Å²) in [5, 5.41) is 11.3. The van der Waals surface area contributed by atoms with Crippen molar-refractivity contribution in [2.45, 2.75) is 32.1 Å². The van der Waals surface area contributed by atoms with Gasteiger partial charge in [0.25, 0.3) is 11.8 Å². The highest BCUT2D eigenvalue weighted by Gasteiger charge is 2.21. The summed E-state index contributed by atoms with van der Waals surface area (Å²) in [5.74, 6) is -2.55. The van der Waals surface area contributed by atoms with Crippen molar-refractivity contribution in [2.75, 3.05) is 5.32 Å². The average Bonchev–Trinajstić information content (AvgIpc) is 2.65. The van der Waals surface area contributed by atoms with Crippen molar-refractivity contribution in [3.05, 3.63) is 42.0 Å². The SMILES string of the molecule is O=C(O)/C=C\C(=O)NNC(=O)c1ccc(NC(=O)C2CCCCC2)cc1. The fourth-order valence-electron chi connectivity index (χ4n) is 2.69. The van der Waals surface area contributed by atoms with Gasteiger partial charge in [-0.05, 0) is 37.1 Å². The highest BCUT2D eigenvalue weighted by Crippen LogP contribution is 2.25. The van der Waals surface area contributed by atoms with E-state index in [1.807, 2.05) is 0 Å². The lowest BCUT2D eigenvalue weighted by molar-refractivity contribution is -0.131. The molecule has 1 aromatic carbocycles. The number of carbonyl (C=O) groups excluding carboxylic acids is 3. The van der Waals surface area contributed by atoms with Gasteiger partial charge in [-0.2, -0.15) is 0 Å². The van der Waals surface area contributed by atoms with E-state index in [0.717, 1.165) is 31.8 Å². The van der Waals surface area contributed by atoms with Crippen molar-refractivity contribution >= 4 is 29.4 Å². The molecule has 0 radical (unpaired) electrons. The van der Waals surface area contributed by atoms with Gasteiger partial charge in [0.2, 0.25) is 5.91 Å². The smallest absolute Gasteiger partial charge is 0.328 e. The predicted molar refractivity (Wildman–Crippen MR) is 94.0 cm³/mol. The summed E-state index contributed by atoms with van der Waals surface area (Å²) >= 11 is 0. The fraction of sp³-hybridized carbons (Fsp3) is 0.333. The quantitative estimate of drug-likeness (QED) is 0.469. The molecule has 4 N–H and O–H groups in total. The first-order valence-electron chi connectivity index (χ1n) is 8.38. The second kappa shape index (κ2) is 9.36. The van der Waals surface area contributed by atoms with Gasteiger partial charge in [0.15, 0.2) is 0 Å². The largest absolute Gasteiger partial charge is 0.478 e. The van der Waals surface area contributed by atoms with Crippen LogP contribution in [0.5, 0.6) is 0 Å². The number of hydrogen-bond donors (Lipinski definition) is 4. The van der Waals surface area contributed by atoms with E-state index in [2.05, 4.69) is 16.2 Å². The summed E-state index contributed by atoms with van der Waals surface area (Å²) < 4.78 is 0. The van der Waals surface area contributed by atoms with Crippen LogP contribution in [0.2, 0.25) is 0 Å². The number of rotatable bonds is 5. The van der Waals surface area contributed by atoms with Gasteiger partial charge in [-0.15, -0.1) is 0 Å².